The van der Waals surface area contributed by atoms with Gasteiger partial charge in [-0.15, -0.1) is 11.3 Å². The zero-order valence-electron chi connectivity index (χ0n) is 23.4. The molecule has 0 fully saturated rings. The van der Waals surface area contributed by atoms with Gasteiger partial charge in [0.15, 0.2) is 17.5 Å². The number of furan rings is 1. The lowest BCUT2D eigenvalue weighted by atomic mass is 9.95. The highest BCUT2D eigenvalue weighted by molar-refractivity contribution is 7.25. The topological polar surface area (TPSA) is 51.8 Å². The lowest BCUT2D eigenvalue weighted by Crippen LogP contribution is -2.01. The Hall–Kier alpha value is -5.65. The van der Waals surface area contributed by atoms with E-state index in [4.69, 9.17) is 19.4 Å². The maximum Gasteiger partial charge on any atom is 0.164 e. The van der Waals surface area contributed by atoms with E-state index < -0.39 is 0 Å². The van der Waals surface area contributed by atoms with Crippen LogP contribution in [0.5, 0.6) is 0 Å². The van der Waals surface area contributed by atoms with Gasteiger partial charge >= 0.3 is 0 Å². The van der Waals surface area contributed by atoms with E-state index >= 15 is 0 Å². The first-order valence-corrected chi connectivity index (χ1v) is 15.3. The Balaban J connectivity index is 1.29. The van der Waals surface area contributed by atoms with E-state index in [1.165, 1.54) is 20.2 Å². The van der Waals surface area contributed by atoms with Crippen LogP contribution < -0.4 is 0 Å². The molecule has 206 valence electrons. The molecule has 5 heteroatoms. The predicted molar refractivity (Wildman–Crippen MR) is 182 cm³/mol. The molecule has 4 nitrogen and oxygen atoms in total. The van der Waals surface area contributed by atoms with Crippen molar-refractivity contribution in [2.45, 2.75) is 0 Å². The normalized spacial score (nSPS) is 11.6. The molecule has 0 bridgehead atoms. The van der Waals surface area contributed by atoms with Gasteiger partial charge in [0.1, 0.15) is 11.2 Å². The molecule has 0 N–H and O–H groups in total. The van der Waals surface area contributed by atoms with Gasteiger partial charge in [-0.05, 0) is 47.5 Å². The second kappa shape index (κ2) is 9.97. The average Bonchev–Trinajstić information content (AvgIpc) is 3.66. The number of hydrogen-bond acceptors (Lipinski definition) is 5. The summed E-state index contributed by atoms with van der Waals surface area (Å²) >= 11 is 1.81. The van der Waals surface area contributed by atoms with Gasteiger partial charge in [-0.25, -0.2) is 15.0 Å². The number of hydrogen-bond donors (Lipinski definition) is 0. The quantitative estimate of drug-likeness (QED) is 0.207. The first kappa shape index (κ1) is 24.9. The molecule has 9 rings (SSSR count). The fourth-order valence-corrected chi connectivity index (χ4v) is 7.21. The molecule has 0 saturated carbocycles. The lowest BCUT2D eigenvalue weighted by molar-refractivity contribution is 0.669. The minimum atomic E-state index is 0.629. The third-order valence-electron chi connectivity index (χ3n) is 8.16. The van der Waals surface area contributed by atoms with Crippen LogP contribution in [-0.2, 0) is 0 Å². The van der Waals surface area contributed by atoms with Crippen molar-refractivity contribution < 1.29 is 4.42 Å². The van der Waals surface area contributed by atoms with Gasteiger partial charge in [0.25, 0.3) is 0 Å². The highest BCUT2D eigenvalue weighted by atomic mass is 32.1. The number of fused-ring (bicyclic) bond motifs is 6. The number of nitrogens with zero attached hydrogens (tertiary/aromatic N) is 3. The average molecular weight is 582 g/mol. The molecular formula is C39H23N3OS. The van der Waals surface area contributed by atoms with E-state index in [-0.39, 0.29) is 0 Å². The highest BCUT2D eigenvalue weighted by Crippen LogP contribution is 2.41. The third kappa shape index (κ3) is 4.02. The summed E-state index contributed by atoms with van der Waals surface area (Å²) in [6.45, 7) is 0. The van der Waals surface area contributed by atoms with E-state index in [1.54, 1.807) is 11.3 Å². The van der Waals surface area contributed by atoms with Crippen molar-refractivity contribution >= 4 is 53.4 Å². The fourth-order valence-electron chi connectivity index (χ4n) is 6.12. The van der Waals surface area contributed by atoms with Crippen LogP contribution >= 0.6 is 11.3 Å². The molecule has 0 radical (unpaired) electrons. The predicted octanol–water partition coefficient (Wildman–Crippen LogP) is 10.8. The first-order valence-electron chi connectivity index (χ1n) is 14.5. The van der Waals surface area contributed by atoms with E-state index in [0.717, 1.165) is 49.8 Å². The van der Waals surface area contributed by atoms with Crippen LogP contribution in [0.4, 0.5) is 0 Å². The van der Waals surface area contributed by atoms with Gasteiger partial charge in [0, 0.05) is 47.6 Å². The summed E-state index contributed by atoms with van der Waals surface area (Å²) in [4.78, 5) is 15.2. The Morgan fingerprint density at radius 2 is 1.05 bits per heavy atom. The van der Waals surface area contributed by atoms with E-state index in [0.29, 0.717) is 17.5 Å². The zero-order valence-corrected chi connectivity index (χ0v) is 24.3. The Morgan fingerprint density at radius 3 is 1.93 bits per heavy atom. The largest absolute Gasteiger partial charge is 0.456 e. The number of rotatable bonds is 4. The van der Waals surface area contributed by atoms with E-state index in [9.17, 15) is 0 Å². The van der Waals surface area contributed by atoms with Crippen molar-refractivity contribution in [1.82, 2.24) is 15.0 Å². The summed E-state index contributed by atoms with van der Waals surface area (Å²) in [5.74, 6) is 1.92. The number of benzene rings is 6. The van der Waals surface area contributed by atoms with Crippen molar-refractivity contribution in [2.75, 3.05) is 0 Å². The fraction of sp³-hybridized carbons (Fsp3) is 0. The van der Waals surface area contributed by atoms with Crippen molar-refractivity contribution in [3.8, 4) is 45.3 Å². The molecule has 0 atom stereocenters. The van der Waals surface area contributed by atoms with Gasteiger partial charge in [0.2, 0.25) is 0 Å². The van der Waals surface area contributed by atoms with Crippen molar-refractivity contribution in [2.24, 2.45) is 0 Å². The summed E-state index contributed by atoms with van der Waals surface area (Å²) < 4.78 is 8.75. The number of aromatic nitrogens is 3. The monoisotopic (exact) mass is 581 g/mol. The van der Waals surface area contributed by atoms with Gasteiger partial charge < -0.3 is 4.42 Å². The SMILES string of the molecule is c1ccc(-c2nc(-c3ccc4sc5ccccc5c4c3)nc(-c3ccccc3-c3cccc4oc5ccccc5c34)n2)cc1. The highest BCUT2D eigenvalue weighted by Gasteiger charge is 2.19. The molecule has 0 aliphatic rings. The second-order valence-electron chi connectivity index (χ2n) is 10.8. The molecule has 0 saturated heterocycles. The van der Waals surface area contributed by atoms with Gasteiger partial charge in [-0.3, -0.25) is 0 Å². The maximum atomic E-state index is 6.23. The standard InChI is InChI=1S/C39H23N3OS/c1-2-11-24(12-3-1)37-40-38(25-21-22-35-31(23-25)27-14-7-9-20-34(27)44-35)42-39(41-37)29-15-5-4-13-26(29)28-17-10-19-33-36(28)30-16-6-8-18-32(30)43-33/h1-23H. The molecule has 0 amide bonds. The third-order valence-corrected chi connectivity index (χ3v) is 9.31. The molecular weight excluding hydrogens is 559 g/mol. The van der Waals surface area contributed by atoms with Crippen LogP contribution in [0.25, 0.3) is 87.4 Å². The van der Waals surface area contributed by atoms with Crippen LogP contribution in [0.3, 0.4) is 0 Å². The Morgan fingerprint density at radius 1 is 0.409 bits per heavy atom. The van der Waals surface area contributed by atoms with Gasteiger partial charge in [-0.2, -0.15) is 0 Å². The second-order valence-corrected chi connectivity index (χ2v) is 11.9. The zero-order chi connectivity index (χ0) is 29.0. The van der Waals surface area contributed by atoms with E-state index in [2.05, 4.69) is 78.9 Å². The van der Waals surface area contributed by atoms with Crippen LogP contribution in [0.2, 0.25) is 0 Å². The molecule has 0 unspecified atom stereocenters. The molecule has 6 aromatic carbocycles. The number of para-hydroxylation sites is 1. The lowest BCUT2D eigenvalue weighted by Gasteiger charge is -2.13. The molecule has 3 aromatic heterocycles. The summed E-state index contributed by atoms with van der Waals surface area (Å²) in [7, 11) is 0. The molecule has 0 aliphatic carbocycles. The Bertz CT molecular complexity index is 2510. The van der Waals surface area contributed by atoms with Crippen molar-refractivity contribution in [1.29, 1.82) is 0 Å². The Labute approximate surface area is 256 Å². The summed E-state index contributed by atoms with van der Waals surface area (Å²) in [5, 5.41) is 4.64. The van der Waals surface area contributed by atoms with Crippen molar-refractivity contribution in [3.05, 3.63) is 140 Å². The smallest absolute Gasteiger partial charge is 0.164 e. The molecule has 0 aliphatic heterocycles. The molecule has 0 spiro atoms. The van der Waals surface area contributed by atoms with Gasteiger partial charge in [0.05, 0.1) is 0 Å². The molecule has 9 aromatic rings. The van der Waals surface area contributed by atoms with Crippen LogP contribution in [-0.4, -0.2) is 15.0 Å². The minimum Gasteiger partial charge on any atom is -0.456 e. The van der Waals surface area contributed by atoms with Crippen molar-refractivity contribution in [3.63, 3.8) is 0 Å². The van der Waals surface area contributed by atoms with Crippen LogP contribution in [0.15, 0.2) is 144 Å². The molecule has 3 heterocycles. The first-order chi connectivity index (χ1) is 21.8. The summed E-state index contributed by atoms with van der Waals surface area (Å²) in [6.07, 6.45) is 0. The number of thiophene rings is 1. The van der Waals surface area contributed by atoms with Gasteiger partial charge in [-0.1, -0.05) is 103 Å². The molecule has 44 heavy (non-hydrogen) atoms. The summed E-state index contributed by atoms with van der Waals surface area (Å²) in [6, 6.07) is 47.9. The van der Waals surface area contributed by atoms with Crippen LogP contribution in [0, 0.1) is 0 Å². The summed E-state index contributed by atoms with van der Waals surface area (Å²) in [5.41, 5.74) is 6.70. The minimum absolute atomic E-state index is 0.629. The van der Waals surface area contributed by atoms with E-state index in [1.807, 2.05) is 60.7 Å². The maximum absolute atomic E-state index is 6.23. The Kier molecular flexibility index (Phi) is 5.64. The van der Waals surface area contributed by atoms with Crippen LogP contribution in [0.1, 0.15) is 0 Å².